The molecule has 1 unspecified atom stereocenters. The van der Waals surface area contributed by atoms with Gasteiger partial charge in [-0.05, 0) is 26.1 Å². The van der Waals surface area contributed by atoms with Crippen LogP contribution < -0.4 is 5.32 Å². The Labute approximate surface area is 138 Å². The molecular weight excluding hydrogens is 294 g/mol. The molecule has 0 bridgehead atoms. The van der Waals surface area contributed by atoms with E-state index in [0.717, 1.165) is 37.6 Å². The standard InChI is InChI=1S/C17H27N3OS/c1-19(2)16-8-10-20(12-16)13-17(21)18-9-11-22-14-15-6-4-3-5-7-15/h3-7,16H,8-14H2,1-2H3,(H,18,21). The molecule has 1 saturated heterocycles. The molecule has 0 aromatic heterocycles. The van der Waals surface area contributed by atoms with Gasteiger partial charge >= 0.3 is 0 Å². The second-order valence-corrected chi connectivity index (χ2v) is 7.13. The first-order chi connectivity index (χ1) is 10.6. The number of rotatable bonds is 8. The van der Waals surface area contributed by atoms with Crippen LogP contribution in [0.4, 0.5) is 0 Å². The lowest BCUT2D eigenvalue weighted by Gasteiger charge is -2.20. The third-order valence-electron chi connectivity index (χ3n) is 4.03. The van der Waals surface area contributed by atoms with Crippen molar-refractivity contribution in [3.05, 3.63) is 35.9 Å². The highest BCUT2D eigenvalue weighted by Gasteiger charge is 2.24. The predicted octanol–water partition coefficient (Wildman–Crippen LogP) is 1.67. The van der Waals surface area contributed by atoms with Crippen molar-refractivity contribution in [2.24, 2.45) is 0 Å². The van der Waals surface area contributed by atoms with Crippen LogP contribution >= 0.6 is 11.8 Å². The zero-order valence-corrected chi connectivity index (χ0v) is 14.4. The van der Waals surface area contributed by atoms with Gasteiger partial charge in [-0.3, -0.25) is 9.69 Å². The average Bonchev–Trinajstić information content (AvgIpc) is 2.96. The van der Waals surface area contributed by atoms with Crippen LogP contribution in [0, 0.1) is 0 Å². The van der Waals surface area contributed by atoms with Crippen molar-refractivity contribution in [1.82, 2.24) is 15.1 Å². The monoisotopic (exact) mass is 321 g/mol. The molecule has 1 aromatic rings. The van der Waals surface area contributed by atoms with Gasteiger partial charge in [0.05, 0.1) is 6.54 Å². The Morgan fingerprint density at radius 3 is 2.82 bits per heavy atom. The number of hydrogen-bond donors (Lipinski definition) is 1. The van der Waals surface area contributed by atoms with Crippen molar-refractivity contribution >= 4 is 17.7 Å². The number of hydrogen-bond acceptors (Lipinski definition) is 4. The summed E-state index contributed by atoms with van der Waals surface area (Å²) in [6.45, 7) is 3.32. The molecule has 0 spiro atoms. The van der Waals surface area contributed by atoms with Crippen LogP contribution in [0.2, 0.25) is 0 Å². The molecule has 1 aliphatic rings. The third-order valence-corrected chi connectivity index (χ3v) is 5.06. The predicted molar refractivity (Wildman–Crippen MR) is 94.1 cm³/mol. The summed E-state index contributed by atoms with van der Waals surface area (Å²) in [4.78, 5) is 16.4. The maximum atomic E-state index is 11.9. The first-order valence-electron chi connectivity index (χ1n) is 7.92. The van der Waals surface area contributed by atoms with E-state index in [9.17, 15) is 4.79 Å². The fourth-order valence-electron chi connectivity index (χ4n) is 2.66. The lowest BCUT2D eigenvalue weighted by Crippen LogP contribution is -2.38. The van der Waals surface area contributed by atoms with Crippen molar-refractivity contribution in [3.63, 3.8) is 0 Å². The highest BCUT2D eigenvalue weighted by Crippen LogP contribution is 2.12. The maximum absolute atomic E-state index is 11.9. The van der Waals surface area contributed by atoms with Gasteiger partial charge in [0, 0.05) is 37.2 Å². The number of nitrogens with zero attached hydrogens (tertiary/aromatic N) is 2. The molecule has 1 N–H and O–H groups in total. The van der Waals surface area contributed by atoms with Crippen LogP contribution in [0.5, 0.6) is 0 Å². The Bertz CT molecular complexity index is 452. The number of carbonyl (C=O) groups excluding carboxylic acids is 1. The fourth-order valence-corrected chi connectivity index (χ4v) is 3.48. The molecule has 0 saturated carbocycles. The van der Waals surface area contributed by atoms with Crippen LogP contribution in [0.25, 0.3) is 0 Å². The SMILES string of the molecule is CN(C)C1CCN(CC(=O)NCCSCc2ccccc2)C1. The number of nitrogens with one attached hydrogen (secondary N) is 1. The molecule has 1 amide bonds. The maximum Gasteiger partial charge on any atom is 0.234 e. The Hall–Kier alpha value is -1.04. The van der Waals surface area contributed by atoms with E-state index in [0.29, 0.717) is 12.6 Å². The Balaban J connectivity index is 1.53. The van der Waals surface area contributed by atoms with Gasteiger partial charge in [0.25, 0.3) is 0 Å². The molecule has 22 heavy (non-hydrogen) atoms. The Kier molecular flexibility index (Phi) is 7.22. The van der Waals surface area contributed by atoms with E-state index in [2.05, 4.69) is 53.5 Å². The van der Waals surface area contributed by atoms with E-state index in [1.54, 1.807) is 0 Å². The lowest BCUT2D eigenvalue weighted by atomic mass is 10.2. The van der Waals surface area contributed by atoms with Gasteiger partial charge in [0.2, 0.25) is 5.91 Å². The Morgan fingerprint density at radius 1 is 1.36 bits per heavy atom. The summed E-state index contributed by atoms with van der Waals surface area (Å²) in [7, 11) is 4.22. The smallest absolute Gasteiger partial charge is 0.234 e. The van der Waals surface area contributed by atoms with Crippen molar-refractivity contribution in [2.45, 2.75) is 18.2 Å². The van der Waals surface area contributed by atoms with Crippen LogP contribution in [0.3, 0.4) is 0 Å². The van der Waals surface area contributed by atoms with Gasteiger partial charge in [-0.1, -0.05) is 30.3 Å². The van der Waals surface area contributed by atoms with E-state index in [4.69, 9.17) is 0 Å². The topological polar surface area (TPSA) is 35.6 Å². The number of thioether (sulfide) groups is 1. The minimum atomic E-state index is 0.153. The van der Waals surface area contributed by atoms with Crippen molar-refractivity contribution in [3.8, 4) is 0 Å². The van der Waals surface area contributed by atoms with Gasteiger partial charge in [0.15, 0.2) is 0 Å². The van der Waals surface area contributed by atoms with Crippen molar-refractivity contribution in [2.75, 3.05) is 46.0 Å². The van der Waals surface area contributed by atoms with Gasteiger partial charge in [-0.15, -0.1) is 0 Å². The van der Waals surface area contributed by atoms with Gasteiger partial charge in [-0.25, -0.2) is 0 Å². The molecule has 4 nitrogen and oxygen atoms in total. The number of amides is 1. The summed E-state index contributed by atoms with van der Waals surface area (Å²) in [5.41, 5.74) is 1.34. The number of benzene rings is 1. The van der Waals surface area contributed by atoms with Gasteiger partial charge < -0.3 is 10.2 Å². The summed E-state index contributed by atoms with van der Waals surface area (Å²) >= 11 is 1.86. The van der Waals surface area contributed by atoms with Crippen molar-refractivity contribution in [1.29, 1.82) is 0 Å². The number of likely N-dealkylation sites (tertiary alicyclic amines) is 1. The zero-order chi connectivity index (χ0) is 15.8. The van der Waals surface area contributed by atoms with Crippen molar-refractivity contribution < 1.29 is 4.79 Å². The molecule has 122 valence electrons. The molecule has 1 aromatic carbocycles. The second kappa shape index (κ2) is 9.18. The van der Waals surface area contributed by atoms with Crippen LogP contribution in [-0.2, 0) is 10.5 Å². The van der Waals surface area contributed by atoms with Gasteiger partial charge in [0.1, 0.15) is 0 Å². The van der Waals surface area contributed by atoms with Gasteiger partial charge in [-0.2, -0.15) is 11.8 Å². The van der Waals surface area contributed by atoms with Crippen LogP contribution in [0.1, 0.15) is 12.0 Å². The first kappa shape index (κ1) is 17.3. The first-order valence-corrected chi connectivity index (χ1v) is 9.08. The molecule has 1 aliphatic heterocycles. The number of carbonyl (C=O) groups is 1. The van der Waals surface area contributed by atoms with Crippen LogP contribution in [-0.4, -0.2) is 67.8 Å². The summed E-state index contributed by atoms with van der Waals surface area (Å²) in [5, 5.41) is 3.02. The molecule has 0 radical (unpaired) electrons. The van der Waals surface area contributed by atoms with E-state index in [1.807, 2.05) is 17.8 Å². The summed E-state index contributed by atoms with van der Waals surface area (Å²) in [6.07, 6.45) is 1.16. The minimum Gasteiger partial charge on any atom is -0.354 e. The molecule has 1 fully saturated rings. The van der Waals surface area contributed by atoms with E-state index in [1.165, 1.54) is 5.56 Å². The van der Waals surface area contributed by atoms with E-state index in [-0.39, 0.29) is 5.91 Å². The average molecular weight is 321 g/mol. The normalized spacial score (nSPS) is 18.8. The number of likely N-dealkylation sites (N-methyl/N-ethyl adjacent to an activating group) is 1. The van der Waals surface area contributed by atoms with E-state index >= 15 is 0 Å². The third kappa shape index (κ3) is 5.99. The molecular formula is C17H27N3OS. The highest BCUT2D eigenvalue weighted by molar-refractivity contribution is 7.98. The molecule has 1 atom stereocenters. The minimum absolute atomic E-state index is 0.153. The Morgan fingerprint density at radius 2 is 2.14 bits per heavy atom. The summed E-state index contributed by atoms with van der Waals surface area (Å²) in [6, 6.07) is 11.0. The quantitative estimate of drug-likeness (QED) is 0.739. The molecule has 0 aliphatic carbocycles. The molecule has 5 heteroatoms. The van der Waals surface area contributed by atoms with E-state index < -0.39 is 0 Å². The van der Waals surface area contributed by atoms with Crippen LogP contribution in [0.15, 0.2) is 30.3 Å². The zero-order valence-electron chi connectivity index (χ0n) is 13.6. The molecule has 2 rings (SSSR count). The second-order valence-electron chi connectivity index (χ2n) is 6.03. The lowest BCUT2D eigenvalue weighted by molar-refractivity contribution is -0.121. The fraction of sp³-hybridized carbons (Fsp3) is 0.588. The summed E-state index contributed by atoms with van der Waals surface area (Å²) < 4.78 is 0. The highest BCUT2D eigenvalue weighted by atomic mass is 32.2. The molecule has 1 heterocycles. The summed E-state index contributed by atoms with van der Waals surface area (Å²) in [5.74, 6) is 2.12. The largest absolute Gasteiger partial charge is 0.354 e.